The van der Waals surface area contributed by atoms with Crippen LogP contribution in [0.2, 0.25) is 6.82 Å². The van der Waals surface area contributed by atoms with Crippen LogP contribution in [0.3, 0.4) is 0 Å². The summed E-state index contributed by atoms with van der Waals surface area (Å²) in [5, 5.41) is 8.48. The first kappa shape index (κ1) is 11.0. The summed E-state index contributed by atoms with van der Waals surface area (Å²) in [4.78, 5) is 0. The lowest BCUT2D eigenvalue weighted by molar-refractivity contribution is 0.280. The molecule has 0 spiro atoms. The summed E-state index contributed by atoms with van der Waals surface area (Å²) in [6.07, 6.45) is 5.66. The van der Waals surface area contributed by atoms with Crippen molar-refractivity contribution in [2.24, 2.45) is 0 Å². The van der Waals surface area contributed by atoms with Crippen LogP contribution in [-0.2, 0) is 4.65 Å². The molecule has 0 aliphatic heterocycles. The average molecular weight is 157 g/mol. The molecule has 0 aromatic rings. The largest absolute Gasteiger partial charge is 0.441 e. The average Bonchev–Trinajstić information content (AvgIpc) is 2.03. The predicted octanol–water partition coefficient (Wildman–Crippen LogP) is 1.61. The maximum absolute atomic E-state index is 8.48. The van der Waals surface area contributed by atoms with Crippen molar-refractivity contribution < 1.29 is 9.76 Å². The first-order valence-electron chi connectivity index (χ1n) is 4.42. The van der Waals surface area contributed by atoms with Gasteiger partial charge in [0.2, 0.25) is 0 Å². The minimum absolute atomic E-state index is 0.333. The van der Waals surface area contributed by atoms with Gasteiger partial charge in [-0.15, -0.1) is 0 Å². The van der Waals surface area contributed by atoms with E-state index in [9.17, 15) is 0 Å². The summed E-state index contributed by atoms with van der Waals surface area (Å²) < 4.78 is 5.07. The lowest BCUT2D eigenvalue weighted by atomic mass is 10.1. The number of aliphatic hydroxyl groups is 1. The highest BCUT2D eigenvalue weighted by Crippen LogP contribution is 2.01. The van der Waals surface area contributed by atoms with Crippen molar-refractivity contribution >= 4 is 7.48 Å². The molecule has 65 valence electrons. The van der Waals surface area contributed by atoms with E-state index in [1.54, 1.807) is 7.48 Å². The highest BCUT2D eigenvalue weighted by Gasteiger charge is 1.89. The Hall–Kier alpha value is -0.0151. The lowest BCUT2D eigenvalue weighted by Gasteiger charge is -2.00. The quantitative estimate of drug-likeness (QED) is 0.428. The second kappa shape index (κ2) is 9.98. The summed E-state index contributed by atoms with van der Waals surface area (Å²) >= 11 is 0. The third-order valence-corrected chi connectivity index (χ3v) is 1.59. The van der Waals surface area contributed by atoms with Crippen molar-refractivity contribution in [2.75, 3.05) is 13.2 Å². The molecule has 0 amide bonds. The van der Waals surface area contributed by atoms with E-state index in [1.807, 2.05) is 6.82 Å². The van der Waals surface area contributed by atoms with Gasteiger partial charge in [0.25, 0.3) is 7.48 Å². The normalized spacial score (nSPS) is 10.0. The Labute approximate surface area is 70.2 Å². The zero-order chi connectivity index (χ0) is 8.36. The van der Waals surface area contributed by atoms with Crippen molar-refractivity contribution in [3.8, 4) is 0 Å². The predicted molar refractivity (Wildman–Crippen MR) is 47.7 cm³/mol. The van der Waals surface area contributed by atoms with Gasteiger partial charge in [-0.3, -0.25) is 0 Å². The Bertz CT molecular complexity index is 61.1. The lowest BCUT2D eigenvalue weighted by Crippen LogP contribution is -1.95. The molecule has 2 nitrogen and oxygen atoms in total. The molecule has 0 aromatic carbocycles. The first-order valence-corrected chi connectivity index (χ1v) is 4.42. The third-order valence-electron chi connectivity index (χ3n) is 1.59. The molecule has 0 aliphatic rings. The van der Waals surface area contributed by atoms with E-state index in [1.165, 1.54) is 12.8 Å². The zero-order valence-electron chi connectivity index (χ0n) is 7.38. The summed E-state index contributed by atoms with van der Waals surface area (Å²) in [6.45, 7) is 3.07. The molecule has 1 N–H and O–H groups in total. The third kappa shape index (κ3) is 9.98. The molecule has 3 heteroatoms. The van der Waals surface area contributed by atoms with Crippen LogP contribution in [0.4, 0.5) is 0 Å². The molecule has 0 fully saturated rings. The number of unbranched alkanes of at least 4 members (excludes halogenated alkanes) is 4. The van der Waals surface area contributed by atoms with Crippen LogP contribution in [0.25, 0.3) is 0 Å². The molecule has 0 aromatic heterocycles. The van der Waals surface area contributed by atoms with Crippen LogP contribution in [0.5, 0.6) is 0 Å². The van der Waals surface area contributed by atoms with Crippen LogP contribution < -0.4 is 0 Å². The van der Waals surface area contributed by atoms with Crippen molar-refractivity contribution in [2.45, 2.75) is 38.9 Å². The summed E-state index contributed by atoms with van der Waals surface area (Å²) in [6, 6.07) is 0. The van der Waals surface area contributed by atoms with Crippen LogP contribution in [0, 0.1) is 0 Å². The molecule has 0 bridgehead atoms. The van der Waals surface area contributed by atoms with Crippen LogP contribution in [0.15, 0.2) is 0 Å². The second-order valence-corrected chi connectivity index (χ2v) is 2.60. The molecule has 0 rings (SSSR count). The Morgan fingerprint density at radius 2 is 1.73 bits per heavy atom. The zero-order valence-corrected chi connectivity index (χ0v) is 7.38. The van der Waals surface area contributed by atoms with E-state index in [4.69, 9.17) is 9.76 Å². The molecule has 0 atom stereocenters. The molecular weight excluding hydrogens is 139 g/mol. The number of hydrogen-bond donors (Lipinski definition) is 1. The summed E-state index contributed by atoms with van der Waals surface area (Å²) in [5.41, 5.74) is 0. The number of aliphatic hydroxyl groups excluding tert-OH is 1. The number of rotatable bonds is 8. The van der Waals surface area contributed by atoms with Crippen molar-refractivity contribution in [1.29, 1.82) is 0 Å². The second-order valence-electron chi connectivity index (χ2n) is 2.60. The summed E-state index contributed by atoms with van der Waals surface area (Å²) in [7, 11) is 1.73. The number of hydrogen-bond acceptors (Lipinski definition) is 2. The minimum Gasteiger partial charge on any atom is -0.441 e. The van der Waals surface area contributed by atoms with Crippen molar-refractivity contribution in [3.05, 3.63) is 0 Å². The molecule has 0 heterocycles. The minimum atomic E-state index is 0.333. The maximum atomic E-state index is 8.48. The molecule has 11 heavy (non-hydrogen) atoms. The molecule has 0 saturated heterocycles. The molecule has 0 aliphatic carbocycles. The topological polar surface area (TPSA) is 29.5 Å². The smallest absolute Gasteiger partial charge is 0.288 e. The van der Waals surface area contributed by atoms with Crippen molar-refractivity contribution in [1.82, 2.24) is 0 Å². The maximum Gasteiger partial charge on any atom is 0.288 e. The molecule has 0 saturated carbocycles. The van der Waals surface area contributed by atoms with E-state index in [0.717, 1.165) is 25.9 Å². The first-order chi connectivity index (χ1) is 5.41. The highest BCUT2D eigenvalue weighted by molar-refractivity contribution is 6.24. The monoisotopic (exact) mass is 157 g/mol. The molecule has 1 radical (unpaired) electrons. The fourth-order valence-corrected chi connectivity index (χ4v) is 0.945. The van der Waals surface area contributed by atoms with Gasteiger partial charge in [0, 0.05) is 13.2 Å². The van der Waals surface area contributed by atoms with Gasteiger partial charge in [-0.25, -0.2) is 0 Å². The van der Waals surface area contributed by atoms with Gasteiger partial charge in [0.15, 0.2) is 0 Å². The SMILES string of the molecule is C[B]OCCCCCCCO. The van der Waals surface area contributed by atoms with Gasteiger partial charge in [-0.05, 0) is 12.8 Å². The van der Waals surface area contributed by atoms with Gasteiger partial charge in [-0.1, -0.05) is 26.1 Å². The van der Waals surface area contributed by atoms with E-state index in [-0.39, 0.29) is 0 Å². The Balaban J connectivity index is 2.69. The van der Waals surface area contributed by atoms with E-state index in [2.05, 4.69) is 0 Å². The van der Waals surface area contributed by atoms with E-state index in [0.29, 0.717) is 6.61 Å². The van der Waals surface area contributed by atoms with Crippen LogP contribution in [-0.4, -0.2) is 25.8 Å². The standard InChI is InChI=1S/C8H18BO2/c1-9-11-8-6-4-2-3-5-7-10/h10H,2-8H2,1H3. The van der Waals surface area contributed by atoms with Crippen molar-refractivity contribution in [3.63, 3.8) is 0 Å². The Kier molecular flexibility index (Phi) is 9.97. The Morgan fingerprint density at radius 3 is 2.36 bits per heavy atom. The van der Waals surface area contributed by atoms with Gasteiger partial charge >= 0.3 is 0 Å². The Morgan fingerprint density at radius 1 is 1.09 bits per heavy atom. The summed E-state index contributed by atoms with van der Waals surface area (Å²) in [5.74, 6) is 0. The van der Waals surface area contributed by atoms with Gasteiger partial charge in [-0.2, -0.15) is 0 Å². The van der Waals surface area contributed by atoms with Crippen LogP contribution in [0.1, 0.15) is 32.1 Å². The molecule has 0 unspecified atom stereocenters. The fourth-order valence-electron chi connectivity index (χ4n) is 0.945. The highest BCUT2D eigenvalue weighted by atomic mass is 16.4. The van der Waals surface area contributed by atoms with Gasteiger partial charge in [0.05, 0.1) is 0 Å². The van der Waals surface area contributed by atoms with E-state index >= 15 is 0 Å². The van der Waals surface area contributed by atoms with Gasteiger partial charge < -0.3 is 9.76 Å². The fraction of sp³-hybridized carbons (Fsp3) is 1.00. The van der Waals surface area contributed by atoms with E-state index < -0.39 is 0 Å². The van der Waals surface area contributed by atoms with Gasteiger partial charge in [0.1, 0.15) is 0 Å². The molecular formula is C8H18BO2. The van der Waals surface area contributed by atoms with Crippen LogP contribution >= 0.6 is 0 Å².